The molecule has 2 nitrogen and oxygen atoms in total. The lowest BCUT2D eigenvalue weighted by atomic mass is 9.83. The predicted molar refractivity (Wildman–Crippen MR) is 116 cm³/mol. The quantitative estimate of drug-likeness (QED) is 0.424. The van der Waals surface area contributed by atoms with Crippen LogP contribution in [0.4, 0.5) is 26.3 Å². The van der Waals surface area contributed by atoms with E-state index in [1.807, 2.05) is 48.5 Å². The molecule has 0 aliphatic heterocycles. The highest BCUT2D eigenvalue weighted by molar-refractivity contribution is 5.46. The number of hydrogen-bond acceptors (Lipinski definition) is 2. The van der Waals surface area contributed by atoms with Crippen LogP contribution in [-0.4, -0.2) is 12.6 Å². The topological polar surface area (TPSA) is 35.2 Å². The fraction of sp³-hybridized carbons (Fsp3) is 0.308. The summed E-state index contributed by atoms with van der Waals surface area (Å²) in [6.07, 6.45) is -8.11. The third-order valence-corrected chi connectivity index (χ3v) is 6.10. The van der Waals surface area contributed by atoms with Crippen LogP contribution in [0.5, 0.6) is 0 Å². The molecule has 0 saturated heterocycles. The van der Waals surface area contributed by atoms with Gasteiger partial charge in [-0.15, -0.1) is 0 Å². The average molecular weight is 479 g/mol. The standard InChI is InChI=1S/C26H23F6NO/c27-25(28,29)19-11-16(12-20(13-19)26(30,31)32)14-34-15-23(33)24-21-7-3-1-5-17(21)9-10-18-6-2-4-8-22(18)24/h1-8,11-13,23-24H,9-10,14-15,33H2. The Morgan fingerprint density at radius 2 is 1.24 bits per heavy atom. The molecule has 0 radical (unpaired) electrons. The lowest BCUT2D eigenvalue weighted by molar-refractivity contribution is -0.143. The van der Waals surface area contributed by atoms with Crippen molar-refractivity contribution in [3.8, 4) is 0 Å². The highest BCUT2D eigenvalue weighted by Crippen LogP contribution is 2.38. The second kappa shape index (κ2) is 9.43. The molecule has 0 fully saturated rings. The summed E-state index contributed by atoms with van der Waals surface area (Å²) < 4.78 is 84.3. The summed E-state index contributed by atoms with van der Waals surface area (Å²) in [6.45, 7) is -0.457. The molecule has 3 aromatic rings. The van der Waals surface area contributed by atoms with Gasteiger partial charge in [-0.25, -0.2) is 0 Å². The van der Waals surface area contributed by atoms with Gasteiger partial charge < -0.3 is 10.5 Å². The van der Waals surface area contributed by atoms with Crippen molar-refractivity contribution in [1.82, 2.24) is 0 Å². The zero-order valence-corrected chi connectivity index (χ0v) is 18.1. The number of ether oxygens (including phenoxy) is 1. The number of nitrogens with two attached hydrogens (primary N) is 1. The second-order valence-electron chi connectivity index (χ2n) is 8.47. The summed E-state index contributed by atoms with van der Waals surface area (Å²) in [5, 5.41) is 0. The maximum Gasteiger partial charge on any atom is 0.416 e. The van der Waals surface area contributed by atoms with Crippen LogP contribution in [0.1, 0.15) is 44.9 Å². The Kier molecular flexibility index (Phi) is 6.73. The van der Waals surface area contributed by atoms with E-state index in [-0.39, 0.29) is 24.2 Å². The van der Waals surface area contributed by atoms with Crippen LogP contribution in [0.2, 0.25) is 0 Å². The SMILES string of the molecule is NC(COCc1cc(C(F)(F)F)cc(C(F)(F)F)c1)C1c2ccccc2CCc2ccccc21. The summed E-state index contributed by atoms with van der Waals surface area (Å²) in [6, 6.07) is 16.8. The van der Waals surface area contributed by atoms with E-state index >= 15 is 0 Å². The van der Waals surface area contributed by atoms with Gasteiger partial charge in [-0.3, -0.25) is 0 Å². The fourth-order valence-corrected chi connectivity index (χ4v) is 4.54. The molecule has 1 aliphatic rings. The van der Waals surface area contributed by atoms with E-state index in [1.165, 1.54) is 0 Å². The Bertz CT molecular complexity index is 1070. The van der Waals surface area contributed by atoms with Crippen molar-refractivity contribution in [1.29, 1.82) is 0 Å². The van der Waals surface area contributed by atoms with Gasteiger partial charge >= 0.3 is 12.4 Å². The molecule has 0 spiro atoms. The molecular formula is C26H23F6NO. The van der Waals surface area contributed by atoms with Gasteiger partial charge in [-0.05, 0) is 58.9 Å². The molecule has 34 heavy (non-hydrogen) atoms. The maximum absolute atomic E-state index is 13.1. The molecule has 1 atom stereocenters. The fourth-order valence-electron chi connectivity index (χ4n) is 4.54. The monoisotopic (exact) mass is 479 g/mol. The second-order valence-corrected chi connectivity index (χ2v) is 8.47. The summed E-state index contributed by atoms with van der Waals surface area (Å²) in [7, 11) is 0. The van der Waals surface area contributed by atoms with E-state index in [1.54, 1.807) is 0 Å². The minimum atomic E-state index is -4.90. The number of alkyl halides is 6. The van der Waals surface area contributed by atoms with E-state index in [9.17, 15) is 26.3 Å². The van der Waals surface area contributed by atoms with Crippen molar-refractivity contribution >= 4 is 0 Å². The van der Waals surface area contributed by atoms with Gasteiger partial charge in [-0.2, -0.15) is 26.3 Å². The smallest absolute Gasteiger partial charge is 0.375 e. The third kappa shape index (κ3) is 5.28. The summed E-state index contributed by atoms with van der Waals surface area (Å²) in [5.41, 5.74) is 8.02. The number of aryl methyl sites for hydroxylation is 2. The van der Waals surface area contributed by atoms with Crippen molar-refractivity contribution < 1.29 is 31.1 Å². The van der Waals surface area contributed by atoms with E-state index in [2.05, 4.69) is 0 Å². The molecule has 4 rings (SSSR count). The van der Waals surface area contributed by atoms with Gasteiger partial charge in [0.15, 0.2) is 0 Å². The van der Waals surface area contributed by atoms with Gasteiger partial charge in [0, 0.05) is 12.0 Å². The molecule has 3 aromatic carbocycles. The van der Waals surface area contributed by atoms with Crippen LogP contribution in [0.15, 0.2) is 66.7 Å². The van der Waals surface area contributed by atoms with Crippen LogP contribution >= 0.6 is 0 Å². The Morgan fingerprint density at radius 3 is 1.71 bits per heavy atom. The first-order valence-electron chi connectivity index (χ1n) is 10.8. The van der Waals surface area contributed by atoms with Crippen molar-refractivity contribution in [2.45, 2.75) is 43.8 Å². The molecule has 0 bridgehead atoms. The third-order valence-electron chi connectivity index (χ3n) is 6.10. The minimum absolute atomic E-state index is 0.0368. The van der Waals surface area contributed by atoms with Crippen LogP contribution < -0.4 is 5.73 Å². The van der Waals surface area contributed by atoms with Gasteiger partial charge in [0.05, 0.1) is 24.3 Å². The van der Waals surface area contributed by atoms with Crippen LogP contribution in [0.25, 0.3) is 0 Å². The molecule has 0 saturated carbocycles. The molecule has 8 heteroatoms. The van der Waals surface area contributed by atoms with Crippen molar-refractivity contribution in [2.75, 3.05) is 6.61 Å². The van der Waals surface area contributed by atoms with Crippen LogP contribution in [0.3, 0.4) is 0 Å². The minimum Gasteiger partial charge on any atom is -0.375 e. The van der Waals surface area contributed by atoms with Gasteiger partial charge in [0.1, 0.15) is 0 Å². The molecule has 1 aliphatic carbocycles. The zero-order chi connectivity index (χ0) is 24.5. The largest absolute Gasteiger partial charge is 0.416 e. The van der Waals surface area contributed by atoms with E-state index in [0.717, 1.165) is 35.1 Å². The van der Waals surface area contributed by atoms with Crippen molar-refractivity contribution in [3.05, 3.63) is 106 Å². The van der Waals surface area contributed by atoms with E-state index in [0.29, 0.717) is 12.1 Å². The number of halogens is 6. The molecule has 0 heterocycles. The zero-order valence-electron chi connectivity index (χ0n) is 18.1. The molecular weight excluding hydrogens is 456 g/mol. The van der Waals surface area contributed by atoms with Crippen LogP contribution in [-0.2, 0) is 36.5 Å². The summed E-state index contributed by atoms with van der Waals surface area (Å²) >= 11 is 0. The lowest BCUT2D eigenvalue weighted by Gasteiger charge is -2.26. The Hall–Kier alpha value is -2.84. The van der Waals surface area contributed by atoms with E-state index < -0.39 is 36.1 Å². The Morgan fingerprint density at radius 1 is 0.765 bits per heavy atom. The lowest BCUT2D eigenvalue weighted by Crippen LogP contribution is -2.34. The molecule has 1 unspecified atom stereocenters. The first kappa shape index (κ1) is 24.3. The molecule has 180 valence electrons. The Labute approximate surface area is 193 Å². The van der Waals surface area contributed by atoms with Crippen LogP contribution in [0, 0.1) is 0 Å². The molecule has 2 N–H and O–H groups in total. The van der Waals surface area contributed by atoms with Gasteiger partial charge in [-0.1, -0.05) is 48.5 Å². The van der Waals surface area contributed by atoms with Crippen molar-refractivity contribution in [3.63, 3.8) is 0 Å². The molecule has 0 aromatic heterocycles. The first-order chi connectivity index (χ1) is 16.0. The summed E-state index contributed by atoms with van der Waals surface area (Å²) in [4.78, 5) is 0. The first-order valence-corrected chi connectivity index (χ1v) is 10.8. The number of fused-ring (bicyclic) bond motifs is 2. The normalized spacial score (nSPS) is 15.4. The number of rotatable bonds is 5. The maximum atomic E-state index is 13.1. The van der Waals surface area contributed by atoms with Crippen molar-refractivity contribution in [2.24, 2.45) is 5.73 Å². The highest BCUT2D eigenvalue weighted by atomic mass is 19.4. The average Bonchev–Trinajstić information content (AvgIpc) is 2.94. The van der Waals surface area contributed by atoms with Gasteiger partial charge in [0.25, 0.3) is 0 Å². The molecule has 0 amide bonds. The number of benzene rings is 3. The highest BCUT2D eigenvalue weighted by Gasteiger charge is 2.37. The Balaban J connectivity index is 1.56. The number of hydrogen-bond donors (Lipinski definition) is 1. The van der Waals surface area contributed by atoms with Gasteiger partial charge in [0.2, 0.25) is 0 Å². The van der Waals surface area contributed by atoms with E-state index in [4.69, 9.17) is 10.5 Å². The summed E-state index contributed by atoms with van der Waals surface area (Å²) in [5.74, 6) is -0.206. The predicted octanol–water partition coefficient (Wildman–Crippen LogP) is 6.50.